The maximum atomic E-state index is 13.5. The van der Waals surface area contributed by atoms with Crippen LogP contribution in [-0.4, -0.2) is 41.9 Å². The summed E-state index contributed by atoms with van der Waals surface area (Å²) in [5.74, 6) is 0.477. The summed E-state index contributed by atoms with van der Waals surface area (Å²) in [5, 5.41) is 3.18. The minimum absolute atomic E-state index is 0.0166. The maximum Gasteiger partial charge on any atom is 0.225 e. The fourth-order valence-corrected chi connectivity index (χ4v) is 4.46. The lowest BCUT2D eigenvalue weighted by Gasteiger charge is -2.41. The minimum Gasteiger partial charge on any atom is -0.496 e. The van der Waals surface area contributed by atoms with E-state index in [4.69, 9.17) is 4.74 Å². The first-order valence-electron chi connectivity index (χ1n) is 11.5. The summed E-state index contributed by atoms with van der Waals surface area (Å²) in [6, 6.07) is 11.4. The highest BCUT2D eigenvalue weighted by molar-refractivity contribution is 5.85. The lowest BCUT2D eigenvalue weighted by Crippen LogP contribution is -2.49. The van der Waals surface area contributed by atoms with Crippen LogP contribution in [0.15, 0.2) is 48.8 Å². The van der Waals surface area contributed by atoms with E-state index in [0.29, 0.717) is 31.7 Å². The third kappa shape index (κ3) is 5.29. The number of pyridine rings is 1. The number of rotatable bonds is 9. The molecule has 1 aliphatic rings. The first kappa shape index (κ1) is 23.8. The number of unbranched alkanes of at least 4 members (excludes halogenated alkanes) is 1. The molecule has 32 heavy (non-hydrogen) atoms. The van der Waals surface area contributed by atoms with Crippen molar-refractivity contribution in [2.75, 3.05) is 20.2 Å². The Morgan fingerprint density at radius 1 is 1.22 bits per heavy atom. The third-order valence-electron chi connectivity index (χ3n) is 6.42. The molecule has 1 fully saturated rings. The monoisotopic (exact) mass is 437 g/mol. The third-order valence-corrected chi connectivity index (χ3v) is 6.42. The normalized spacial score (nSPS) is 19.0. The van der Waals surface area contributed by atoms with Gasteiger partial charge in [0.2, 0.25) is 11.8 Å². The molecule has 6 heteroatoms. The number of benzene rings is 1. The van der Waals surface area contributed by atoms with Crippen LogP contribution in [-0.2, 0) is 15.0 Å². The Morgan fingerprint density at radius 2 is 1.94 bits per heavy atom. The van der Waals surface area contributed by atoms with E-state index < -0.39 is 0 Å². The van der Waals surface area contributed by atoms with Gasteiger partial charge < -0.3 is 15.0 Å². The molecule has 1 saturated heterocycles. The molecular formula is C26H35N3O3. The van der Waals surface area contributed by atoms with Gasteiger partial charge >= 0.3 is 0 Å². The van der Waals surface area contributed by atoms with Crippen molar-refractivity contribution in [2.45, 2.75) is 57.9 Å². The smallest absolute Gasteiger partial charge is 0.225 e. The number of para-hydroxylation sites is 1. The fourth-order valence-electron chi connectivity index (χ4n) is 4.46. The Balaban J connectivity index is 1.86. The fraction of sp³-hybridized carbons (Fsp3) is 0.500. The Labute approximate surface area is 191 Å². The zero-order valence-electron chi connectivity index (χ0n) is 19.6. The average Bonchev–Trinajstić information content (AvgIpc) is 2.82. The number of carbonyl (C=O) groups is 2. The van der Waals surface area contributed by atoms with E-state index in [1.54, 1.807) is 19.5 Å². The van der Waals surface area contributed by atoms with Crippen molar-refractivity contribution in [3.63, 3.8) is 0 Å². The predicted octanol–water partition coefficient (Wildman–Crippen LogP) is 4.26. The Bertz CT molecular complexity index is 914. The topological polar surface area (TPSA) is 71.5 Å². The molecule has 3 rings (SSSR count). The molecule has 2 heterocycles. The van der Waals surface area contributed by atoms with Crippen molar-refractivity contribution in [1.82, 2.24) is 15.2 Å². The largest absolute Gasteiger partial charge is 0.496 e. The molecule has 2 amide bonds. The summed E-state index contributed by atoms with van der Waals surface area (Å²) >= 11 is 0. The van der Waals surface area contributed by atoms with Crippen molar-refractivity contribution < 1.29 is 14.3 Å². The molecule has 0 saturated carbocycles. The predicted molar refractivity (Wildman–Crippen MR) is 125 cm³/mol. The number of ether oxygens (including phenoxy) is 1. The van der Waals surface area contributed by atoms with E-state index in [1.165, 1.54) is 0 Å². The van der Waals surface area contributed by atoms with Gasteiger partial charge in [0, 0.05) is 42.9 Å². The molecule has 0 spiro atoms. The molecule has 2 aromatic rings. The number of hydrogen-bond donors (Lipinski definition) is 1. The van der Waals surface area contributed by atoms with Crippen molar-refractivity contribution in [3.05, 3.63) is 59.9 Å². The second-order valence-corrected chi connectivity index (χ2v) is 9.11. The summed E-state index contributed by atoms with van der Waals surface area (Å²) in [4.78, 5) is 32.4. The Hall–Kier alpha value is -2.89. The first-order valence-corrected chi connectivity index (χ1v) is 11.5. The van der Waals surface area contributed by atoms with Crippen LogP contribution in [0.1, 0.15) is 63.6 Å². The molecule has 172 valence electrons. The minimum atomic E-state index is -0.331. The highest BCUT2D eigenvalue weighted by atomic mass is 16.5. The van der Waals surface area contributed by atoms with Gasteiger partial charge in [0.25, 0.3) is 0 Å². The summed E-state index contributed by atoms with van der Waals surface area (Å²) in [6.07, 6.45) is 6.36. The number of nitrogens with one attached hydrogen (secondary N) is 1. The number of aromatic nitrogens is 1. The van der Waals surface area contributed by atoms with Gasteiger partial charge in [-0.1, -0.05) is 45.4 Å². The summed E-state index contributed by atoms with van der Waals surface area (Å²) < 4.78 is 5.61. The SMILES string of the molecule is CCCCN1C(=O)CC[C@@H](C(=O)NCC(C)(C)c2ccncc2)[C@@H]1c1ccccc1OC. The van der Waals surface area contributed by atoms with Crippen LogP contribution in [0.2, 0.25) is 0 Å². The van der Waals surface area contributed by atoms with Gasteiger partial charge in [-0.05, 0) is 36.6 Å². The molecule has 0 aliphatic carbocycles. The van der Waals surface area contributed by atoms with E-state index in [1.807, 2.05) is 41.3 Å². The summed E-state index contributed by atoms with van der Waals surface area (Å²) in [7, 11) is 1.63. The number of likely N-dealkylation sites (tertiary alicyclic amines) is 1. The number of nitrogens with zero attached hydrogens (tertiary/aromatic N) is 2. The van der Waals surface area contributed by atoms with Gasteiger partial charge in [-0.2, -0.15) is 0 Å². The second kappa shape index (κ2) is 10.6. The number of hydrogen-bond acceptors (Lipinski definition) is 4. The molecule has 2 atom stereocenters. The standard InChI is InChI=1S/C26H35N3O3/c1-5-6-17-29-23(30)12-11-21(24(29)20-9-7-8-10-22(20)32-4)25(31)28-18-26(2,3)19-13-15-27-16-14-19/h7-10,13-16,21,24H,5-6,11-12,17-18H2,1-4H3,(H,28,31)/t21-,24+/m1/s1. The van der Waals surface area contributed by atoms with Crippen LogP contribution in [0.5, 0.6) is 5.75 Å². The quantitative estimate of drug-likeness (QED) is 0.636. The molecule has 0 bridgehead atoms. The molecule has 1 N–H and O–H groups in total. The van der Waals surface area contributed by atoms with E-state index in [0.717, 1.165) is 24.0 Å². The van der Waals surface area contributed by atoms with Crippen LogP contribution in [0, 0.1) is 5.92 Å². The van der Waals surface area contributed by atoms with E-state index in [-0.39, 0.29) is 29.2 Å². The van der Waals surface area contributed by atoms with Crippen LogP contribution in [0.25, 0.3) is 0 Å². The molecule has 0 unspecified atom stereocenters. The molecule has 0 radical (unpaired) electrons. The van der Waals surface area contributed by atoms with Crippen molar-refractivity contribution in [2.24, 2.45) is 5.92 Å². The average molecular weight is 438 g/mol. The van der Waals surface area contributed by atoms with Gasteiger partial charge in [0.05, 0.1) is 19.1 Å². The molecular weight excluding hydrogens is 402 g/mol. The van der Waals surface area contributed by atoms with Crippen molar-refractivity contribution in [3.8, 4) is 5.75 Å². The molecule has 1 aromatic heterocycles. The number of carbonyl (C=O) groups excluding carboxylic acids is 2. The van der Waals surface area contributed by atoms with E-state index in [9.17, 15) is 9.59 Å². The van der Waals surface area contributed by atoms with Crippen LogP contribution < -0.4 is 10.1 Å². The highest BCUT2D eigenvalue weighted by Crippen LogP contribution is 2.41. The lowest BCUT2D eigenvalue weighted by atomic mass is 9.82. The first-order chi connectivity index (χ1) is 15.4. The maximum absolute atomic E-state index is 13.5. The number of amides is 2. The van der Waals surface area contributed by atoms with Gasteiger partial charge in [0.1, 0.15) is 5.75 Å². The summed E-state index contributed by atoms with van der Waals surface area (Å²) in [5.41, 5.74) is 1.79. The van der Waals surface area contributed by atoms with E-state index >= 15 is 0 Å². The highest BCUT2D eigenvalue weighted by Gasteiger charge is 2.41. The molecule has 6 nitrogen and oxygen atoms in total. The zero-order valence-corrected chi connectivity index (χ0v) is 19.6. The Kier molecular flexibility index (Phi) is 7.89. The number of piperidine rings is 1. The van der Waals surface area contributed by atoms with Gasteiger partial charge in [-0.25, -0.2) is 0 Å². The second-order valence-electron chi connectivity index (χ2n) is 9.11. The van der Waals surface area contributed by atoms with E-state index in [2.05, 4.69) is 31.1 Å². The van der Waals surface area contributed by atoms with Crippen LogP contribution in [0.3, 0.4) is 0 Å². The molecule has 1 aliphatic heterocycles. The Morgan fingerprint density at radius 3 is 2.62 bits per heavy atom. The number of methoxy groups -OCH3 is 1. The lowest BCUT2D eigenvalue weighted by molar-refractivity contribution is -0.143. The van der Waals surface area contributed by atoms with Gasteiger partial charge in [0.15, 0.2) is 0 Å². The van der Waals surface area contributed by atoms with Crippen LogP contribution >= 0.6 is 0 Å². The van der Waals surface area contributed by atoms with Crippen molar-refractivity contribution in [1.29, 1.82) is 0 Å². The van der Waals surface area contributed by atoms with Gasteiger partial charge in [-0.3, -0.25) is 14.6 Å². The van der Waals surface area contributed by atoms with Gasteiger partial charge in [-0.15, -0.1) is 0 Å². The molecule has 1 aromatic carbocycles. The zero-order chi connectivity index (χ0) is 23.1. The van der Waals surface area contributed by atoms with Crippen LogP contribution in [0.4, 0.5) is 0 Å². The van der Waals surface area contributed by atoms with Crippen molar-refractivity contribution >= 4 is 11.8 Å². The summed E-state index contributed by atoms with van der Waals surface area (Å²) in [6.45, 7) is 7.48.